The van der Waals surface area contributed by atoms with E-state index < -0.39 is 11.5 Å². The summed E-state index contributed by atoms with van der Waals surface area (Å²) in [4.78, 5) is 10.8. The molecule has 1 rings (SSSR count). The Balaban J connectivity index is 2.60. The highest BCUT2D eigenvalue weighted by Crippen LogP contribution is 2.40. The van der Waals surface area contributed by atoms with Crippen molar-refractivity contribution in [2.75, 3.05) is 7.11 Å². The molecule has 10 heavy (non-hydrogen) atoms. The first kappa shape index (κ1) is 7.10. The second-order valence-electron chi connectivity index (χ2n) is 2.46. The number of hydrogen-bond acceptors (Lipinski definition) is 3. The molecule has 3 nitrogen and oxygen atoms in total. The van der Waals surface area contributed by atoms with E-state index in [1.807, 2.05) is 0 Å². The van der Waals surface area contributed by atoms with E-state index in [0.717, 1.165) is 0 Å². The van der Waals surface area contributed by atoms with Crippen molar-refractivity contribution < 1.29 is 9.53 Å². The van der Waals surface area contributed by atoms with Crippen molar-refractivity contribution in [2.45, 2.75) is 12.0 Å². The fraction of sp³-hybridized carbons (Fsp3) is 0.571. The van der Waals surface area contributed by atoms with Crippen molar-refractivity contribution in [1.29, 1.82) is 0 Å². The molecule has 1 aliphatic carbocycles. The van der Waals surface area contributed by atoms with Gasteiger partial charge >= 0.3 is 5.97 Å². The lowest BCUT2D eigenvalue weighted by molar-refractivity contribution is -0.143. The van der Waals surface area contributed by atoms with Crippen LogP contribution in [0.4, 0.5) is 0 Å². The molecule has 0 spiro atoms. The number of rotatable bonds is 1. The van der Waals surface area contributed by atoms with Gasteiger partial charge in [0.25, 0.3) is 0 Å². The average molecular weight is 139 g/mol. The maximum atomic E-state index is 10.8. The average Bonchev–Trinajstić information content (AvgIpc) is 2.61. The van der Waals surface area contributed by atoms with Crippen LogP contribution in [0.2, 0.25) is 0 Å². The zero-order chi connectivity index (χ0) is 7.78. The maximum Gasteiger partial charge on any atom is 0.327 e. The van der Waals surface area contributed by atoms with Gasteiger partial charge in [0.2, 0.25) is 0 Å². The topological polar surface area (TPSA) is 52.3 Å². The summed E-state index contributed by atoms with van der Waals surface area (Å²) in [5, 5.41) is 0. The molecular weight excluding hydrogens is 130 g/mol. The quantitative estimate of drug-likeness (QED) is 0.394. The Kier molecular flexibility index (Phi) is 1.42. The third-order valence-corrected chi connectivity index (χ3v) is 1.77. The minimum atomic E-state index is -0.872. The second kappa shape index (κ2) is 1.99. The Morgan fingerprint density at radius 1 is 2.00 bits per heavy atom. The molecule has 0 aliphatic heterocycles. The minimum Gasteiger partial charge on any atom is -0.468 e. The van der Waals surface area contributed by atoms with Gasteiger partial charge in [-0.3, -0.25) is 4.79 Å². The summed E-state index contributed by atoms with van der Waals surface area (Å²) in [7, 11) is 1.31. The van der Waals surface area contributed by atoms with Crippen LogP contribution in [0.15, 0.2) is 0 Å². The highest BCUT2D eigenvalue weighted by Gasteiger charge is 2.57. The molecule has 0 bridgehead atoms. The van der Waals surface area contributed by atoms with Gasteiger partial charge in [0, 0.05) is 0 Å². The van der Waals surface area contributed by atoms with Crippen LogP contribution in [-0.2, 0) is 9.53 Å². The molecule has 3 heteroatoms. The summed E-state index contributed by atoms with van der Waals surface area (Å²) in [6.45, 7) is 0. The molecule has 1 fully saturated rings. The third-order valence-electron chi connectivity index (χ3n) is 1.77. The summed E-state index contributed by atoms with van der Waals surface area (Å²) < 4.78 is 4.45. The van der Waals surface area contributed by atoms with E-state index in [1.165, 1.54) is 7.11 Å². The molecule has 1 saturated carbocycles. The number of terminal acetylenes is 1. The standard InChI is InChI=1S/C7H9NO2/c1-3-5-4-7(5,8)6(9)10-2/h1,5H,4,8H2,2H3/t5-,7+/m1/s1. The van der Waals surface area contributed by atoms with Crippen LogP contribution in [-0.4, -0.2) is 18.6 Å². The summed E-state index contributed by atoms with van der Waals surface area (Å²) in [6.07, 6.45) is 5.62. The highest BCUT2D eigenvalue weighted by molar-refractivity contribution is 5.85. The first-order valence-corrected chi connectivity index (χ1v) is 2.98. The monoisotopic (exact) mass is 139 g/mol. The van der Waals surface area contributed by atoms with Gasteiger partial charge in [0.05, 0.1) is 13.0 Å². The van der Waals surface area contributed by atoms with Crippen molar-refractivity contribution in [3.63, 3.8) is 0 Å². The fourth-order valence-corrected chi connectivity index (χ4v) is 0.902. The van der Waals surface area contributed by atoms with E-state index in [9.17, 15) is 4.79 Å². The van der Waals surface area contributed by atoms with Crippen LogP contribution in [0.1, 0.15) is 6.42 Å². The predicted octanol–water partition coefficient (Wildman–Crippen LogP) is -0.490. The van der Waals surface area contributed by atoms with Gasteiger partial charge in [0.15, 0.2) is 0 Å². The molecule has 0 saturated heterocycles. The lowest BCUT2D eigenvalue weighted by Crippen LogP contribution is -2.36. The Bertz CT molecular complexity index is 206. The molecule has 0 aromatic carbocycles. The van der Waals surface area contributed by atoms with Crippen LogP contribution in [0, 0.1) is 18.3 Å². The van der Waals surface area contributed by atoms with Gasteiger partial charge < -0.3 is 10.5 Å². The number of methoxy groups -OCH3 is 1. The molecule has 0 amide bonds. The van der Waals surface area contributed by atoms with Gasteiger partial charge in [-0.2, -0.15) is 0 Å². The number of carbonyl (C=O) groups is 1. The van der Waals surface area contributed by atoms with E-state index in [2.05, 4.69) is 10.7 Å². The van der Waals surface area contributed by atoms with Crippen LogP contribution >= 0.6 is 0 Å². The molecule has 0 unspecified atom stereocenters. The molecule has 1 aliphatic rings. The lowest BCUT2D eigenvalue weighted by atomic mass is 10.2. The van der Waals surface area contributed by atoms with Gasteiger partial charge in [-0.25, -0.2) is 0 Å². The number of carbonyl (C=O) groups excluding carboxylic acids is 1. The van der Waals surface area contributed by atoms with Gasteiger partial charge in [-0.15, -0.1) is 12.3 Å². The smallest absolute Gasteiger partial charge is 0.327 e. The van der Waals surface area contributed by atoms with Gasteiger partial charge in [-0.1, -0.05) is 0 Å². The maximum absolute atomic E-state index is 10.8. The summed E-state index contributed by atoms with van der Waals surface area (Å²) >= 11 is 0. The molecule has 0 aromatic heterocycles. The molecule has 0 heterocycles. The number of nitrogens with two attached hydrogens (primary N) is 1. The van der Waals surface area contributed by atoms with E-state index >= 15 is 0 Å². The number of ether oxygens (including phenoxy) is 1. The predicted molar refractivity (Wildman–Crippen MR) is 35.9 cm³/mol. The summed E-state index contributed by atoms with van der Waals surface area (Å²) in [6, 6.07) is 0. The SMILES string of the molecule is C#C[C@@H]1C[C@@]1(N)C(=O)OC. The van der Waals surface area contributed by atoms with Gasteiger partial charge in [-0.05, 0) is 6.42 Å². The molecule has 2 atom stereocenters. The highest BCUT2D eigenvalue weighted by atomic mass is 16.5. The number of esters is 1. The summed E-state index contributed by atoms with van der Waals surface area (Å²) in [5.74, 6) is 1.89. The van der Waals surface area contributed by atoms with Crippen molar-refractivity contribution in [2.24, 2.45) is 11.7 Å². The zero-order valence-corrected chi connectivity index (χ0v) is 5.76. The van der Waals surface area contributed by atoms with E-state index in [0.29, 0.717) is 6.42 Å². The Morgan fingerprint density at radius 3 is 2.90 bits per heavy atom. The number of hydrogen-bond donors (Lipinski definition) is 1. The zero-order valence-electron chi connectivity index (χ0n) is 5.76. The van der Waals surface area contributed by atoms with Crippen molar-refractivity contribution in [3.8, 4) is 12.3 Å². The molecular formula is C7H9NO2. The molecule has 54 valence electrons. The van der Waals surface area contributed by atoms with Crippen molar-refractivity contribution in [1.82, 2.24) is 0 Å². The van der Waals surface area contributed by atoms with Crippen LogP contribution in [0.25, 0.3) is 0 Å². The second-order valence-corrected chi connectivity index (χ2v) is 2.46. The first-order chi connectivity index (χ1) is 4.65. The Morgan fingerprint density at radius 2 is 2.60 bits per heavy atom. The molecule has 0 aromatic rings. The lowest BCUT2D eigenvalue weighted by Gasteiger charge is -2.04. The van der Waals surface area contributed by atoms with Crippen LogP contribution in [0.5, 0.6) is 0 Å². The van der Waals surface area contributed by atoms with Crippen molar-refractivity contribution >= 4 is 5.97 Å². The third kappa shape index (κ3) is 0.775. The molecule has 2 N–H and O–H groups in total. The van der Waals surface area contributed by atoms with Crippen molar-refractivity contribution in [3.05, 3.63) is 0 Å². The minimum absolute atomic E-state index is 0.125. The van der Waals surface area contributed by atoms with Crippen LogP contribution in [0.3, 0.4) is 0 Å². The first-order valence-electron chi connectivity index (χ1n) is 2.98. The Hall–Kier alpha value is -1.01. The largest absolute Gasteiger partial charge is 0.468 e. The summed E-state index contributed by atoms with van der Waals surface area (Å²) in [5.41, 5.74) is 4.67. The normalized spacial score (nSPS) is 36.3. The molecule has 0 radical (unpaired) electrons. The van der Waals surface area contributed by atoms with Crippen LogP contribution < -0.4 is 5.73 Å². The van der Waals surface area contributed by atoms with E-state index in [1.54, 1.807) is 0 Å². The van der Waals surface area contributed by atoms with E-state index in [4.69, 9.17) is 12.2 Å². The van der Waals surface area contributed by atoms with E-state index in [-0.39, 0.29) is 5.92 Å². The fourth-order valence-electron chi connectivity index (χ4n) is 0.902. The Labute approximate surface area is 59.5 Å². The van der Waals surface area contributed by atoms with Gasteiger partial charge in [0.1, 0.15) is 5.54 Å².